The second kappa shape index (κ2) is 15.6. The minimum atomic E-state index is -1.42. The lowest BCUT2D eigenvalue weighted by Crippen LogP contribution is -2.41. The molecule has 1 aromatic heterocycles. The average Bonchev–Trinajstić information content (AvgIpc) is 3.70. The molecule has 0 N–H and O–H groups in total. The summed E-state index contributed by atoms with van der Waals surface area (Å²) >= 11 is 0. The first-order valence-electron chi connectivity index (χ1n) is 15.1. The van der Waals surface area contributed by atoms with Crippen molar-refractivity contribution in [2.45, 2.75) is 38.4 Å². The lowest BCUT2D eigenvalue weighted by Gasteiger charge is -2.24. The SMILES string of the molecule is CCOC(=O)c1cn([C@@H]2O[C@H](COC(=O)c3ccccc3)[C@@H](OC(=O)c3ccccc3)[C@H]2OC(=O)c2ccccc2)nc1C(=O)OCC. The molecule has 4 atom stereocenters. The number of ether oxygens (including phenoxy) is 6. The quantitative estimate of drug-likeness (QED) is 0.156. The Bertz CT molecular complexity index is 1710. The summed E-state index contributed by atoms with van der Waals surface area (Å²) in [5.74, 6) is -4.01. The van der Waals surface area contributed by atoms with E-state index in [0.717, 1.165) is 4.68 Å². The largest absolute Gasteiger partial charge is 0.462 e. The topological polar surface area (TPSA) is 159 Å². The van der Waals surface area contributed by atoms with E-state index in [-0.39, 0.29) is 41.2 Å². The zero-order chi connectivity index (χ0) is 34.0. The number of hydrogen-bond acceptors (Lipinski definition) is 12. The van der Waals surface area contributed by atoms with Crippen LogP contribution in [0.25, 0.3) is 0 Å². The van der Waals surface area contributed by atoms with E-state index in [2.05, 4.69) is 5.10 Å². The normalized spacial score (nSPS) is 18.4. The van der Waals surface area contributed by atoms with E-state index in [1.54, 1.807) is 80.6 Å². The van der Waals surface area contributed by atoms with Gasteiger partial charge in [0.15, 0.2) is 24.1 Å². The van der Waals surface area contributed by atoms with Crippen molar-refractivity contribution in [1.29, 1.82) is 0 Å². The Morgan fingerprint density at radius 1 is 0.625 bits per heavy atom. The van der Waals surface area contributed by atoms with Gasteiger partial charge in [-0.05, 0) is 50.2 Å². The third kappa shape index (κ3) is 7.76. The number of hydrogen-bond donors (Lipinski definition) is 0. The Kier molecular flexibility index (Phi) is 10.9. The first kappa shape index (κ1) is 33.5. The van der Waals surface area contributed by atoms with Crippen LogP contribution in [0, 0.1) is 0 Å². The number of benzene rings is 3. The van der Waals surface area contributed by atoms with Gasteiger partial charge in [0.1, 0.15) is 18.3 Å². The summed E-state index contributed by atoms with van der Waals surface area (Å²) in [6.45, 7) is 2.75. The van der Waals surface area contributed by atoms with Crippen molar-refractivity contribution < 1.29 is 52.4 Å². The Morgan fingerprint density at radius 2 is 1.10 bits per heavy atom. The molecule has 1 aliphatic heterocycles. The van der Waals surface area contributed by atoms with Crippen molar-refractivity contribution in [1.82, 2.24) is 9.78 Å². The monoisotopic (exact) mass is 656 g/mol. The maximum Gasteiger partial charge on any atom is 0.359 e. The van der Waals surface area contributed by atoms with Crippen LogP contribution < -0.4 is 0 Å². The molecule has 1 aliphatic rings. The summed E-state index contributed by atoms with van der Waals surface area (Å²) in [6.07, 6.45) is -4.18. The molecule has 48 heavy (non-hydrogen) atoms. The van der Waals surface area contributed by atoms with Gasteiger partial charge in [0.2, 0.25) is 0 Å². The van der Waals surface area contributed by atoms with Crippen molar-refractivity contribution in [3.8, 4) is 0 Å². The van der Waals surface area contributed by atoms with Gasteiger partial charge in [-0.15, -0.1) is 0 Å². The fourth-order valence-electron chi connectivity index (χ4n) is 4.90. The molecule has 0 spiro atoms. The van der Waals surface area contributed by atoms with Gasteiger partial charge in [0.05, 0.1) is 29.9 Å². The predicted molar refractivity (Wildman–Crippen MR) is 166 cm³/mol. The summed E-state index contributed by atoms with van der Waals surface area (Å²) in [7, 11) is 0. The summed E-state index contributed by atoms with van der Waals surface area (Å²) in [5, 5.41) is 4.27. The zero-order valence-corrected chi connectivity index (χ0v) is 26.1. The van der Waals surface area contributed by atoms with Gasteiger partial charge in [-0.3, -0.25) is 0 Å². The number of nitrogens with zero attached hydrogens (tertiary/aromatic N) is 2. The van der Waals surface area contributed by atoms with Crippen LogP contribution in [0.2, 0.25) is 0 Å². The summed E-state index contributed by atoms with van der Waals surface area (Å²) in [6, 6.07) is 24.4. The molecular weight excluding hydrogens is 624 g/mol. The Labute approximate surface area is 275 Å². The van der Waals surface area contributed by atoms with Crippen molar-refractivity contribution in [2.24, 2.45) is 0 Å². The third-order valence-corrected chi connectivity index (χ3v) is 7.14. The number of esters is 5. The molecule has 1 fully saturated rings. The number of carbonyl (C=O) groups excluding carboxylic acids is 5. The van der Waals surface area contributed by atoms with E-state index < -0.39 is 61.0 Å². The number of carbonyl (C=O) groups is 5. The zero-order valence-electron chi connectivity index (χ0n) is 26.1. The van der Waals surface area contributed by atoms with E-state index >= 15 is 0 Å². The lowest BCUT2D eigenvalue weighted by molar-refractivity contribution is -0.0673. The van der Waals surface area contributed by atoms with E-state index in [9.17, 15) is 24.0 Å². The van der Waals surface area contributed by atoms with Crippen LogP contribution in [0.5, 0.6) is 0 Å². The van der Waals surface area contributed by atoms with Gasteiger partial charge in [-0.25, -0.2) is 28.7 Å². The predicted octanol–water partition coefficient (Wildman–Crippen LogP) is 4.44. The van der Waals surface area contributed by atoms with Crippen LogP contribution in [0.1, 0.15) is 72.0 Å². The average molecular weight is 657 g/mol. The third-order valence-electron chi connectivity index (χ3n) is 7.14. The van der Waals surface area contributed by atoms with Crippen LogP contribution in [-0.2, 0) is 28.4 Å². The highest BCUT2D eigenvalue weighted by Gasteiger charge is 2.52. The lowest BCUT2D eigenvalue weighted by atomic mass is 10.1. The molecule has 13 heteroatoms. The van der Waals surface area contributed by atoms with Crippen molar-refractivity contribution in [2.75, 3.05) is 19.8 Å². The first-order chi connectivity index (χ1) is 23.3. The molecular formula is C35H32N2O11. The maximum atomic E-state index is 13.4. The molecule has 1 saturated heterocycles. The fraction of sp³-hybridized carbons (Fsp3) is 0.257. The van der Waals surface area contributed by atoms with Crippen LogP contribution in [0.15, 0.2) is 97.2 Å². The minimum Gasteiger partial charge on any atom is -0.462 e. The molecule has 2 heterocycles. The van der Waals surface area contributed by atoms with E-state index in [1.165, 1.54) is 30.5 Å². The van der Waals surface area contributed by atoms with Crippen molar-refractivity contribution >= 4 is 29.8 Å². The van der Waals surface area contributed by atoms with Gasteiger partial charge in [-0.2, -0.15) is 5.10 Å². The molecule has 248 valence electrons. The Morgan fingerprint density at radius 3 is 1.62 bits per heavy atom. The molecule has 4 aromatic rings. The van der Waals surface area contributed by atoms with Crippen LogP contribution in [0.4, 0.5) is 0 Å². The molecule has 0 radical (unpaired) electrons. The maximum absolute atomic E-state index is 13.4. The smallest absolute Gasteiger partial charge is 0.359 e. The van der Waals surface area contributed by atoms with Crippen molar-refractivity contribution in [3.63, 3.8) is 0 Å². The van der Waals surface area contributed by atoms with Gasteiger partial charge in [0, 0.05) is 6.20 Å². The van der Waals surface area contributed by atoms with E-state index in [4.69, 9.17) is 28.4 Å². The minimum absolute atomic E-state index is 0.00241. The molecule has 0 amide bonds. The van der Waals surface area contributed by atoms with E-state index in [1.807, 2.05) is 0 Å². The molecule has 3 aromatic carbocycles. The molecule has 5 rings (SSSR count). The van der Waals surface area contributed by atoms with Crippen LogP contribution >= 0.6 is 0 Å². The highest BCUT2D eigenvalue weighted by atomic mass is 16.7. The first-order valence-corrected chi connectivity index (χ1v) is 15.1. The Hall–Kier alpha value is -5.82. The highest BCUT2D eigenvalue weighted by Crippen LogP contribution is 2.36. The summed E-state index contributed by atoms with van der Waals surface area (Å²) in [4.78, 5) is 65.3. The van der Waals surface area contributed by atoms with Gasteiger partial charge in [0.25, 0.3) is 0 Å². The van der Waals surface area contributed by atoms with Crippen LogP contribution in [0.3, 0.4) is 0 Å². The standard InChI is InChI=1S/C35H32N2O11/c1-3-43-34(41)25-20-37(36-27(25)35(42)44-4-2)30-29(48-33(40)24-18-12-7-13-19-24)28(47-32(39)23-16-10-6-11-17-23)26(46-30)21-45-31(38)22-14-8-5-9-15-22/h5-20,26,28-30H,3-4,21H2,1-2H3/t26-,28-,29-,30-/m1/s1. The number of aromatic nitrogens is 2. The summed E-state index contributed by atoms with van der Waals surface area (Å²) in [5.41, 5.74) is 0.0421. The highest BCUT2D eigenvalue weighted by molar-refractivity contribution is 6.01. The molecule has 0 saturated carbocycles. The molecule has 0 aliphatic carbocycles. The summed E-state index contributed by atoms with van der Waals surface area (Å²) < 4.78 is 34.9. The van der Waals surface area contributed by atoms with Gasteiger partial charge >= 0.3 is 29.8 Å². The second-order valence-electron chi connectivity index (χ2n) is 10.3. The van der Waals surface area contributed by atoms with Crippen LogP contribution in [-0.4, -0.2) is 77.8 Å². The van der Waals surface area contributed by atoms with Crippen molar-refractivity contribution in [3.05, 3.63) is 125 Å². The van der Waals surface area contributed by atoms with E-state index in [0.29, 0.717) is 0 Å². The molecule has 0 bridgehead atoms. The van der Waals surface area contributed by atoms with Gasteiger partial charge < -0.3 is 28.4 Å². The Balaban J connectivity index is 1.55. The fourth-order valence-corrected chi connectivity index (χ4v) is 4.90. The number of rotatable bonds is 12. The molecule has 0 unspecified atom stereocenters. The molecule has 13 nitrogen and oxygen atoms in total. The second-order valence-corrected chi connectivity index (χ2v) is 10.3. The van der Waals surface area contributed by atoms with Gasteiger partial charge in [-0.1, -0.05) is 54.6 Å².